The Kier molecular flexibility index (Phi) is 4.61. The minimum Gasteiger partial charge on any atom is -0.356 e. The van der Waals surface area contributed by atoms with Crippen LogP contribution in [0.1, 0.15) is 16.8 Å². The Morgan fingerprint density at radius 1 is 1.08 bits per heavy atom. The summed E-state index contributed by atoms with van der Waals surface area (Å²) in [5.41, 5.74) is 3.37. The smallest absolute Gasteiger partial charge is 0.230 e. The Bertz CT molecular complexity index is 935. The first kappa shape index (κ1) is 16.8. The summed E-state index contributed by atoms with van der Waals surface area (Å²) in [6.07, 6.45) is -0.0146. The predicted octanol–water partition coefficient (Wildman–Crippen LogP) is 4.42. The number of carbonyl (C=O) groups is 1. The predicted molar refractivity (Wildman–Crippen MR) is 90.1 cm³/mol. The minimum absolute atomic E-state index is 0.0146. The van der Waals surface area contributed by atoms with E-state index in [1.54, 1.807) is 0 Å². The summed E-state index contributed by atoms with van der Waals surface area (Å²) in [5.74, 6) is -1.54. The molecule has 6 heteroatoms. The molecule has 0 unspecified atom stereocenters. The lowest BCUT2D eigenvalue weighted by Crippen LogP contribution is -2.14. The second-order valence-electron chi connectivity index (χ2n) is 5.83. The maximum atomic E-state index is 13.8. The number of nitrogens with zero attached hydrogens (tertiary/aromatic N) is 1. The molecule has 0 bridgehead atoms. The van der Waals surface area contributed by atoms with Crippen molar-refractivity contribution in [1.29, 1.82) is 0 Å². The molecule has 25 heavy (non-hydrogen) atoms. The summed E-state index contributed by atoms with van der Waals surface area (Å²) < 4.78 is 31.8. The van der Waals surface area contributed by atoms with Gasteiger partial charge in [-0.15, -0.1) is 0 Å². The second kappa shape index (κ2) is 6.84. The molecule has 3 aromatic rings. The van der Waals surface area contributed by atoms with Gasteiger partial charge in [0.1, 0.15) is 11.6 Å². The number of aryl methyl sites for hydroxylation is 2. The Hall–Kier alpha value is -3.02. The molecule has 1 amide bonds. The number of hydrogen-bond acceptors (Lipinski definition) is 3. The summed E-state index contributed by atoms with van der Waals surface area (Å²) in [6, 6.07) is 10.3. The van der Waals surface area contributed by atoms with Gasteiger partial charge >= 0.3 is 0 Å². The largest absolute Gasteiger partial charge is 0.356 e. The molecule has 0 aliphatic heterocycles. The van der Waals surface area contributed by atoms with Crippen LogP contribution in [0, 0.1) is 25.5 Å². The number of benzene rings is 2. The van der Waals surface area contributed by atoms with Gasteiger partial charge in [-0.2, -0.15) is 0 Å². The molecule has 3 rings (SSSR count). The first-order chi connectivity index (χ1) is 11.9. The topological polar surface area (TPSA) is 55.1 Å². The zero-order valence-electron chi connectivity index (χ0n) is 13.8. The van der Waals surface area contributed by atoms with Crippen LogP contribution >= 0.6 is 0 Å². The van der Waals surface area contributed by atoms with Crippen LogP contribution < -0.4 is 5.32 Å². The number of anilines is 1. The van der Waals surface area contributed by atoms with E-state index in [1.165, 1.54) is 12.1 Å². The fourth-order valence-corrected chi connectivity index (χ4v) is 2.40. The van der Waals surface area contributed by atoms with Gasteiger partial charge in [0.05, 0.1) is 17.7 Å². The number of amides is 1. The first-order valence-corrected chi connectivity index (χ1v) is 7.70. The average molecular weight is 342 g/mol. The second-order valence-corrected chi connectivity index (χ2v) is 5.83. The van der Waals surface area contributed by atoms with Crippen molar-refractivity contribution in [2.45, 2.75) is 20.3 Å². The van der Waals surface area contributed by atoms with Crippen molar-refractivity contribution < 1.29 is 18.1 Å². The Morgan fingerprint density at radius 3 is 2.60 bits per heavy atom. The van der Waals surface area contributed by atoms with Gasteiger partial charge in [-0.3, -0.25) is 4.79 Å². The molecule has 0 atom stereocenters. The normalized spacial score (nSPS) is 10.7. The van der Waals surface area contributed by atoms with Crippen LogP contribution in [0.25, 0.3) is 11.3 Å². The maximum Gasteiger partial charge on any atom is 0.230 e. The van der Waals surface area contributed by atoms with Crippen LogP contribution in [0.15, 0.2) is 47.0 Å². The highest BCUT2D eigenvalue weighted by Crippen LogP contribution is 2.24. The van der Waals surface area contributed by atoms with E-state index < -0.39 is 11.6 Å². The Balaban J connectivity index is 1.70. The summed E-state index contributed by atoms with van der Waals surface area (Å²) in [7, 11) is 0. The molecule has 0 aliphatic rings. The minimum atomic E-state index is -0.748. The molecule has 0 aliphatic carbocycles. The lowest BCUT2D eigenvalue weighted by atomic mass is 10.1. The molecule has 0 radical (unpaired) electrons. The zero-order chi connectivity index (χ0) is 18.0. The van der Waals surface area contributed by atoms with Crippen LogP contribution in [-0.4, -0.2) is 11.1 Å². The molecule has 1 N–H and O–H groups in total. The highest BCUT2D eigenvalue weighted by atomic mass is 19.1. The highest BCUT2D eigenvalue weighted by molar-refractivity contribution is 5.92. The quantitative estimate of drug-likeness (QED) is 0.764. The highest BCUT2D eigenvalue weighted by Gasteiger charge is 2.14. The number of hydrogen-bond donors (Lipinski definition) is 1. The van der Waals surface area contributed by atoms with Gasteiger partial charge < -0.3 is 9.84 Å². The fraction of sp³-hybridized carbons (Fsp3) is 0.158. The summed E-state index contributed by atoms with van der Waals surface area (Å²) >= 11 is 0. The summed E-state index contributed by atoms with van der Waals surface area (Å²) in [4.78, 5) is 12.1. The molecule has 0 fully saturated rings. The van der Waals surface area contributed by atoms with E-state index in [-0.39, 0.29) is 23.7 Å². The molecule has 4 nitrogen and oxygen atoms in total. The van der Waals surface area contributed by atoms with Crippen molar-refractivity contribution in [2.24, 2.45) is 0 Å². The van der Waals surface area contributed by atoms with E-state index in [0.29, 0.717) is 11.4 Å². The Labute approximate surface area is 143 Å². The third kappa shape index (κ3) is 3.91. The molecule has 2 aromatic carbocycles. The van der Waals surface area contributed by atoms with Crippen molar-refractivity contribution in [1.82, 2.24) is 5.16 Å². The van der Waals surface area contributed by atoms with E-state index in [1.807, 2.05) is 32.0 Å². The van der Waals surface area contributed by atoms with E-state index in [4.69, 9.17) is 4.52 Å². The monoisotopic (exact) mass is 342 g/mol. The molecular formula is C19H16F2N2O2. The molecule has 0 spiro atoms. The standard InChI is InChI=1S/C19H16F2N2O2/c1-11-3-5-14(7-12(11)2)22-19(24)10-15-9-18(25-23-15)16-6-4-13(20)8-17(16)21/h3-9H,10H2,1-2H3,(H,22,24). The van der Waals surface area contributed by atoms with Gasteiger partial charge in [-0.25, -0.2) is 8.78 Å². The van der Waals surface area contributed by atoms with Crippen LogP contribution in [0.2, 0.25) is 0 Å². The number of rotatable bonds is 4. The molecule has 0 saturated carbocycles. The SMILES string of the molecule is Cc1ccc(NC(=O)Cc2cc(-c3ccc(F)cc3F)on2)cc1C. The summed E-state index contributed by atoms with van der Waals surface area (Å²) in [6.45, 7) is 3.96. The number of nitrogens with one attached hydrogen (secondary N) is 1. The first-order valence-electron chi connectivity index (χ1n) is 7.70. The molecule has 128 valence electrons. The van der Waals surface area contributed by atoms with Gasteiger partial charge in [0.25, 0.3) is 0 Å². The molecular weight excluding hydrogens is 326 g/mol. The van der Waals surface area contributed by atoms with Gasteiger partial charge in [0, 0.05) is 17.8 Å². The van der Waals surface area contributed by atoms with Crippen molar-refractivity contribution in [3.8, 4) is 11.3 Å². The Morgan fingerprint density at radius 2 is 1.88 bits per heavy atom. The van der Waals surface area contributed by atoms with Crippen LogP contribution in [0.4, 0.5) is 14.5 Å². The van der Waals surface area contributed by atoms with Crippen LogP contribution in [-0.2, 0) is 11.2 Å². The molecule has 1 heterocycles. The van der Waals surface area contributed by atoms with Gasteiger partial charge in [0.2, 0.25) is 5.91 Å². The summed E-state index contributed by atoms with van der Waals surface area (Å²) in [5, 5.41) is 6.56. The van der Waals surface area contributed by atoms with E-state index in [9.17, 15) is 13.6 Å². The van der Waals surface area contributed by atoms with Crippen molar-refractivity contribution in [2.75, 3.05) is 5.32 Å². The molecule has 1 aromatic heterocycles. The lowest BCUT2D eigenvalue weighted by molar-refractivity contribution is -0.115. The number of aromatic nitrogens is 1. The zero-order valence-corrected chi connectivity index (χ0v) is 13.8. The van der Waals surface area contributed by atoms with Crippen molar-refractivity contribution >= 4 is 11.6 Å². The fourth-order valence-electron chi connectivity index (χ4n) is 2.40. The number of carbonyl (C=O) groups excluding carboxylic acids is 1. The van der Waals surface area contributed by atoms with Gasteiger partial charge in [-0.05, 0) is 49.2 Å². The van der Waals surface area contributed by atoms with Gasteiger partial charge in [-0.1, -0.05) is 11.2 Å². The third-order valence-electron chi connectivity index (χ3n) is 3.89. The van der Waals surface area contributed by atoms with E-state index >= 15 is 0 Å². The van der Waals surface area contributed by atoms with Crippen molar-refractivity contribution in [3.63, 3.8) is 0 Å². The number of halogens is 2. The maximum absolute atomic E-state index is 13.8. The van der Waals surface area contributed by atoms with Crippen LogP contribution in [0.3, 0.4) is 0 Å². The van der Waals surface area contributed by atoms with E-state index in [0.717, 1.165) is 23.3 Å². The van der Waals surface area contributed by atoms with E-state index in [2.05, 4.69) is 10.5 Å². The average Bonchev–Trinajstić information content (AvgIpc) is 2.99. The third-order valence-corrected chi connectivity index (χ3v) is 3.89. The van der Waals surface area contributed by atoms with Crippen molar-refractivity contribution in [3.05, 3.63) is 70.9 Å². The van der Waals surface area contributed by atoms with Gasteiger partial charge in [0.15, 0.2) is 5.76 Å². The molecule has 0 saturated heterocycles. The lowest BCUT2D eigenvalue weighted by Gasteiger charge is -2.06. The van der Waals surface area contributed by atoms with Crippen LogP contribution in [0.5, 0.6) is 0 Å².